The van der Waals surface area contributed by atoms with Crippen molar-refractivity contribution < 1.29 is 9.90 Å². The molecule has 1 aromatic heterocycles. The molecule has 0 radical (unpaired) electrons. The Morgan fingerprint density at radius 1 is 1.16 bits per heavy atom. The molecule has 4 heteroatoms. The van der Waals surface area contributed by atoms with E-state index >= 15 is 0 Å². The van der Waals surface area contributed by atoms with Crippen LogP contribution in [-0.2, 0) is 0 Å². The van der Waals surface area contributed by atoms with Crippen LogP contribution in [0.4, 0.5) is 0 Å². The molecule has 0 saturated carbocycles. The molecule has 2 rings (SSSR count). The summed E-state index contributed by atoms with van der Waals surface area (Å²) in [5.41, 5.74) is 2.66. The van der Waals surface area contributed by atoms with Crippen LogP contribution in [0.3, 0.4) is 0 Å². The van der Waals surface area contributed by atoms with Gasteiger partial charge in [-0.2, -0.15) is 0 Å². The van der Waals surface area contributed by atoms with Gasteiger partial charge in [0.15, 0.2) is 0 Å². The monoisotopic (exact) mass is 319 g/mol. The van der Waals surface area contributed by atoms with Crippen molar-refractivity contribution in [3.05, 3.63) is 52.1 Å². The maximum atomic E-state index is 11.2. The molecule has 1 N–H and O–H groups in total. The average Bonchev–Trinajstić information content (AvgIpc) is 2.38. The zero-order valence-electron chi connectivity index (χ0n) is 10.7. The third-order valence-electron chi connectivity index (χ3n) is 2.84. The second-order valence-corrected chi connectivity index (χ2v) is 5.51. The van der Waals surface area contributed by atoms with Gasteiger partial charge in [0.25, 0.3) is 0 Å². The van der Waals surface area contributed by atoms with Gasteiger partial charge in [0.1, 0.15) is 0 Å². The van der Waals surface area contributed by atoms with E-state index < -0.39 is 5.97 Å². The lowest BCUT2D eigenvalue weighted by atomic mass is 10.0. The van der Waals surface area contributed by atoms with Crippen molar-refractivity contribution in [1.82, 2.24) is 4.98 Å². The number of hydrogen-bond acceptors (Lipinski definition) is 2. The fourth-order valence-electron chi connectivity index (χ4n) is 1.88. The second-order valence-electron chi connectivity index (χ2n) is 4.60. The molecule has 3 nitrogen and oxygen atoms in total. The first-order valence-electron chi connectivity index (χ1n) is 5.99. The van der Waals surface area contributed by atoms with Gasteiger partial charge in [0.05, 0.1) is 17.0 Å². The van der Waals surface area contributed by atoms with Gasteiger partial charge in [-0.15, -0.1) is 0 Å². The summed E-state index contributed by atoms with van der Waals surface area (Å²) in [5.74, 6) is -0.861. The van der Waals surface area contributed by atoms with Gasteiger partial charge in [-0.05, 0) is 30.2 Å². The summed E-state index contributed by atoms with van der Waals surface area (Å²) >= 11 is 3.39. The topological polar surface area (TPSA) is 50.2 Å². The number of aromatic carboxylic acids is 1. The van der Waals surface area contributed by atoms with Crippen LogP contribution in [0.25, 0.3) is 11.3 Å². The summed E-state index contributed by atoms with van der Waals surface area (Å²) in [6.45, 7) is 3.89. The number of rotatable bonds is 3. The highest BCUT2D eigenvalue weighted by Crippen LogP contribution is 2.24. The number of hydrogen-bond donors (Lipinski definition) is 1. The first kappa shape index (κ1) is 13.7. The third kappa shape index (κ3) is 3.01. The van der Waals surface area contributed by atoms with Crippen LogP contribution in [0.1, 0.15) is 35.8 Å². The SMILES string of the molecule is CC(C)c1nc(-c2ccc(Br)cc2)ccc1C(=O)O. The Labute approximate surface area is 120 Å². The lowest BCUT2D eigenvalue weighted by Gasteiger charge is -2.11. The molecule has 0 atom stereocenters. The summed E-state index contributed by atoms with van der Waals surface area (Å²) in [5, 5.41) is 9.17. The predicted molar refractivity (Wildman–Crippen MR) is 78.4 cm³/mol. The molecule has 0 aliphatic rings. The fourth-order valence-corrected chi connectivity index (χ4v) is 2.14. The molecule has 0 aliphatic carbocycles. The molecular weight excluding hydrogens is 306 g/mol. The number of carboxylic acid groups (broad SMARTS) is 1. The van der Waals surface area contributed by atoms with E-state index in [0.29, 0.717) is 5.69 Å². The minimum atomic E-state index is -0.932. The van der Waals surface area contributed by atoms with Gasteiger partial charge in [0.2, 0.25) is 0 Å². The highest BCUT2D eigenvalue weighted by Gasteiger charge is 2.15. The van der Waals surface area contributed by atoms with Gasteiger partial charge < -0.3 is 5.11 Å². The number of carbonyl (C=O) groups is 1. The molecule has 0 amide bonds. The Hall–Kier alpha value is -1.68. The molecule has 0 fully saturated rings. The number of nitrogens with zero attached hydrogens (tertiary/aromatic N) is 1. The van der Waals surface area contributed by atoms with Crippen LogP contribution < -0.4 is 0 Å². The molecule has 0 bridgehead atoms. The van der Waals surface area contributed by atoms with Crippen molar-refractivity contribution in [2.75, 3.05) is 0 Å². The van der Waals surface area contributed by atoms with Crippen LogP contribution >= 0.6 is 15.9 Å². The Balaban J connectivity index is 2.52. The zero-order valence-corrected chi connectivity index (χ0v) is 12.3. The summed E-state index contributed by atoms with van der Waals surface area (Å²) in [4.78, 5) is 15.7. The Bertz CT molecular complexity index is 606. The van der Waals surface area contributed by atoms with E-state index in [4.69, 9.17) is 5.11 Å². The lowest BCUT2D eigenvalue weighted by Crippen LogP contribution is -2.07. The highest BCUT2D eigenvalue weighted by molar-refractivity contribution is 9.10. The maximum Gasteiger partial charge on any atom is 0.337 e. The van der Waals surface area contributed by atoms with Crippen molar-refractivity contribution in [3.8, 4) is 11.3 Å². The van der Waals surface area contributed by atoms with Crippen LogP contribution in [0.15, 0.2) is 40.9 Å². The van der Waals surface area contributed by atoms with Crippen LogP contribution in [-0.4, -0.2) is 16.1 Å². The lowest BCUT2D eigenvalue weighted by molar-refractivity contribution is 0.0694. The van der Waals surface area contributed by atoms with Crippen LogP contribution in [0.2, 0.25) is 0 Å². The molecule has 0 saturated heterocycles. The predicted octanol–water partition coefficient (Wildman–Crippen LogP) is 4.33. The van der Waals surface area contributed by atoms with E-state index in [1.807, 2.05) is 38.1 Å². The highest BCUT2D eigenvalue weighted by atomic mass is 79.9. The first-order chi connectivity index (χ1) is 8.99. The number of pyridine rings is 1. The third-order valence-corrected chi connectivity index (χ3v) is 3.37. The van der Waals surface area contributed by atoms with Crippen molar-refractivity contribution in [1.29, 1.82) is 0 Å². The second kappa shape index (κ2) is 5.53. The average molecular weight is 320 g/mol. The van der Waals surface area contributed by atoms with E-state index in [0.717, 1.165) is 15.7 Å². The van der Waals surface area contributed by atoms with Crippen molar-refractivity contribution in [2.45, 2.75) is 19.8 Å². The quantitative estimate of drug-likeness (QED) is 0.915. The van der Waals surface area contributed by atoms with E-state index in [-0.39, 0.29) is 11.5 Å². The zero-order chi connectivity index (χ0) is 14.0. The molecule has 1 heterocycles. The minimum Gasteiger partial charge on any atom is -0.478 e. The molecule has 19 heavy (non-hydrogen) atoms. The van der Waals surface area contributed by atoms with Crippen molar-refractivity contribution in [3.63, 3.8) is 0 Å². The molecule has 0 aliphatic heterocycles. The number of halogens is 1. The Morgan fingerprint density at radius 3 is 2.32 bits per heavy atom. The molecule has 0 spiro atoms. The normalized spacial score (nSPS) is 10.7. The summed E-state index contributed by atoms with van der Waals surface area (Å²) in [6.07, 6.45) is 0. The van der Waals surface area contributed by atoms with Crippen molar-refractivity contribution in [2.24, 2.45) is 0 Å². The molecule has 0 unspecified atom stereocenters. The summed E-state index contributed by atoms with van der Waals surface area (Å²) in [7, 11) is 0. The van der Waals surface area contributed by atoms with Gasteiger partial charge in [-0.1, -0.05) is 41.9 Å². The Morgan fingerprint density at radius 2 is 1.79 bits per heavy atom. The number of carboxylic acids is 1. The van der Waals surface area contributed by atoms with Gasteiger partial charge in [-0.3, -0.25) is 4.98 Å². The van der Waals surface area contributed by atoms with E-state index in [1.165, 1.54) is 0 Å². The van der Waals surface area contributed by atoms with Crippen LogP contribution in [0, 0.1) is 0 Å². The van der Waals surface area contributed by atoms with Crippen LogP contribution in [0.5, 0.6) is 0 Å². The van der Waals surface area contributed by atoms with E-state index in [1.54, 1.807) is 12.1 Å². The number of aromatic nitrogens is 1. The van der Waals surface area contributed by atoms with Crippen molar-refractivity contribution >= 4 is 21.9 Å². The van der Waals surface area contributed by atoms with E-state index in [2.05, 4.69) is 20.9 Å². The smallest absolute Gasteiger partial charge is 0.337 e. The van der Waals surface area contributed by atoms with Gasteiger partial charge >= 0.3 is 5.97 Å². The largest absolute Gasteiger partial charge is 0.478 e. The Kier molecular flexibility index (Phi) is 4.00. The van der Waals surface area contributed by atoms with Gasteiger partial charge in [0, 0.05) is 10.0 Å². The van der Waals surface area contributed by atoms with E-state index in [9.17, 15) is 4.79 Å². The molecule has 98 valence electrons. The van der Waals surface area contributed by atoms with Gasteiger partial charge in [-0.25, -0.2) is 4.79 Å². The molecule has 2 aromatic rings. The minimum absolute atomic E-state index is 0.0708. The summed E-state index contributed by atoms with van der Waals surface area (Å²) in [6, 6.07) is 11.2. The summed E-state index contributed by atoms with van der Waals surface area (Å²) < 4.78 is 1.00. The first-order valence-corrected chi connectivity index (χ1v) is 6.78. The maximum absolute atomic E-state index is 11.2. The number of benzene rings is 1. The standard InChI is InChI=1S/C15H14BrNO2/c1-9(2)14-12(15(18)19)7-8-13(17-14)10-3-5-11(16)6-4-10/h3-9H,1-2H3,(H,18,19). The fraction of sp³-hybridized carbons (Fsp3) is 0.200. The molecule has 1 aromatic carbocycles. The molecular formula is C15H14BrNO2.